The van der Waals surface area contributed by atoms with Gasteiger partial charge < -0.3 is 14.7 Å². The molecule has 0 saturated carbocycles. The molecule has 20 heavy (non-hydrogen) atoms. The van der Waals surface area contributed by atoms with Crippen molar-refractivity contribution in [3.8, 4) is 0 Å². The largest absolute Gasteiger partial charge is 0.481 e. The zero-order valence-electron chi connectivity index (χ0n) is 12.6. The van der Waals surface area contributed by atoms with Crippen LogP contribution in [0.4, 0.5) is 4.79 Å². The zero-order valence-corrected chi connectivity index (χ0v) is 12.6. The van der Waals surface area contributed by atoms with Gasteiger partial charge in [0.2, 0.25) is 0 Å². The van der Waals surface area contributed by atoms with Crippen molar-refractivity contribution >= 4 is 17.8 Å². The first-order valence-electron chi connectivity index (χ1n) is 6.76. The van der Waals surface area contributed by atoms with Gasteiger partial charge in [0.1, 0.15) is 11.4 Å². The van der Waals surface area contributed by atoms with Crippen LogP contribution in [-0.2, 0) is 14.3 Å². The van der Waals surface area contributed by atoms with Gasteiger partial charge in [-0.05, 0) is 40.5 Å². The summed E-state index contributed by atoms with van der Waals surface area (Å²) in [4.78, 5) is 36.3. The predicted molar refractivity (Wildman–Crippen MR) is 72.4 cm³/mol. The summed E-state index contributed by atoms with van der Waals surface area (Å²) in [7, 11) is 0. The number of nitrogens with zero attached hydrogens (tertiary/aromatic N) is 1. The maximum atomic E-state index is 12.0. The fourth-order valence-corrected chi connectivity index (χ4v) is 2.49. The molecule has 1 saturated heterocycles. The number of Topliss-reactive ketones (excluding diaryl/α,β-unsaturated/α-hetero) is 1. The molecule has 0 aromatic heterocycles. The molecule has 1 unspecified atom stereocenters. The SMILES string of the molecule is CC(=O)CC1(C(=O)O)CCCN(C(=O)OC(C)(C)C)C1. The van der Waals surface area contributed by atoms with Gasteiger partial charge in [0, 0.05) is 19.5 Å². The number of ether oxygens (including phenoxy) is 1. The molecule has 6 nitrogen and oxygen atoms in total. The minimum Gasteiger partial charge on any atom is -0.481 e. The third-order valence-corrected chi connectivity index (χ3v) is 3.27. The van der Waals surface area contributed by atoms with E-state index in [1.807, 2.05) is 0 Å². The van der Waals surface area contributed by atoms with Crippen LogP contribution in [0.15, 0.2) is 0 Å². The van der Waals surface area contributed by atoms with Crippen LogP contribution in [-0.4, -0.2) is 46.5 Å². The number of piperidine rings is 1. The lowest BCUT2D eigenvalue weighted by molar-refractivity contribution is -0.154. The quantitative estimate of drug-likeness (QED) is 0.858. The lowest BCUT2D eigenvalue weighted by Crippen LogP contribution is -2.51. The Kier molecular flexibility index (Phi) is 4.78. The van der Waals surface area contributed by atoms with Crippen molar-refractivity contribution in [1.82, 2.24) is 4.90 Å². The molecule has 1 fully saturated rings. The predicted octanol–water partition coefficient (Wildman–Crippen LogP) is 2.07. The first-order valence-corrected chi connectivity index (χ1v) is 6.76. The van der Waals surface area contributed by atoms with E-state index in [2.05, 4.69) is 0 Å². The maximum Gasteiger partial charge on any atom is 0.410 e. The lowest BCUT2D eigenvalue weighted by Gasteiger charge is -2.39. The molecule has 0 aliphatic carbocycles. The molecule has 0 radical (unpaired) electrons. The molecule has 1 amide bonds. The molecule has 0 bridgehead atoms. The van der Waals surface area contributed by atoms with Crippen LogP contribution in [0, 0.1) is 5.41 Å². The number of rotatable bonds is 3. The topological polar surface area (TPSA) is 83.9 Å². The summed E-state index contributed by atoms with van der Waals surface area (Å²) in [5.41, 5.74) is -1.80. The van der Waals surface area contributed by atoms with E-state index in [1.54, 1.807) is 20.8 Å². The Morgan fingerprint density at radius 2 is 1.90 bits per heavy atom. The first kappa shape index (κ1) is 16.5. The Bertz CT molecular complexity index is 412. The van der Waals surface area contributed by atoms with Crippen LogP contribution in [0.25, 0.3) is 0 Å². The normalized spacial score (nSPS) is 23.3. The van der Waals surface area contributed by atoms with E-state index in [4.69, 9.17) is 4.74 Å². The van der Waals surface area contributed by atoms with E-state index in [0.29, 0.717) is 19.4 Å². The van der Waals surface area contributed by atoms with E-state index in [0.717, 1.165) is 0 Å². The third kappa shape index (κ3) is 4.21. The van der Waals surface area contributed by atoms with Gasteiger partial charge >= 0.3 is 12.1 Å². The minimum atomic E-state index is -1.18. The molecule has 1 aliphatic rings. The summed E-state index contributed by atoms with van der Waals surface area (Å²) in [5, 5.41) is 9.44. The van der Waals surface area contributed by atoms with Crippen molar-refractivity contribution in [3.63, 3.8) is 0 Å². The fraction of sp³-hybridized carbons (Fsp3) is 0.786. The smallest absolute Gasteiger partial charge is 0.410 e. The summed E-state index contributed by atoms with van der Waals surface area (Å²) in [5.74, 6) is -1.21. The summed E-state index contributed by atoms with van der Waals surface area (Å²) < 4.78 is 5.26. The minimum absolute atomic E-state index is 0.0246. The number of carbonyl (C=O) groups excluding carboxylic acids is 2. The number of amides is 1. The number of carbonyl (C=O) groups is 3. The molecule has 0 aromatic carbocycles. The molecule has 1 heterocycles. The molecule has 0 spiro atoms. The summed E-state index contributed by atoms with van der Waals surface area (Å²) >= 11 is 0. The highest BCUT2D eigenvalue weighted by molar-refractivity contribution is 5.85. The van der Waals surface area contributed by atoms with Gasteiger partial charge in [0.05, 0.1) is 5.41 Å². The molecule has 114 valence electrons. The van der Waals surface area contributed by atoms with Crippen LogP contribution < -0.4 is 0 Å². The Labute approximate surface area is 119 Å². The number of carboxylic acids is 1. The van der Waals surface area contributed by atoms with E-state index in [-0.39, 0.29) is 18.7 Å². The second-order valence-electron chi connectivity index (χ2n) is 6.47. The number of likely N-dealkylation sites (tertiary alicyclic amines) is 1. The van der Waals surface area contributed by atoms with Crippen LogP contribution in [0.1, 0.15) is 47.0 Å². The van der Waals surface area contributed by atoms with Crippen molar-refractivity contribution in [2.75, 3.05) is 13.1 Å². The van der Waals surface area contributed by atoms with E-state index in [1.165, 1.54) is 11.8 Å². The highest BCUT2D eigenvalue weighted by Gasteiger charge is 2.45. The van der Waals surface area contributed by atoms with Crippen molar-refractivity contribution in [3.05, 3.63) is 0 Å². The van der Waals surface area contributed by atoms with Crippen LogP contribution in [0.5, 0.6) is 0 Å². The number of hydrogen-bond acceptors (Lipinski definition) is 4. The van der Waals surface area contributed by atoms with Crippen LogP contribution in [0.3, 0.4) is 0 Å². The zero-order chi connectivity index (χ0) is 15.6. The lowest BCUT2D eigenvalue weighted by atomic mass is 9.76. The molecule has 0 aromatic rings. The molecule has 1 rings (SSSR count). The fourth-order valence-electron chi connectivity index (χ4n) is 2.49. The van der Waals surface area contributed by atoms with Gasteiger partial charge in [-0.15, -0.1) is 0 Å². The average molecular weight is 285 g/mol. The molecular formula is C14H23NO5. The van der Waals surface area contributed by atoms with Crippen LogP contribution >= 0.6 is 0 Å². The van der Waals surface area contributed by atoms with Crippen molar-refractivity contribution in [2.24, 2.45) is 5.41 Å². The monoisotopic (exact) mass is 285 g/mol. The standard InChI is InChI=1S/C14H23NO5/c1-10(16)8-14(11(17)18)6-5-7-15(9-14)12(19)20-13(2,3)4/h5-9H2,1-4H3,(H,17,18). The number of ketones is 1. The Hall–Kier alpha value is -1.59. The molecule has 1 aliphatic heterocycles. The van der Waals surface area contributed by atoms with Crippen molar-refractivity contribution < 1.29 is 24.2 Å². The molecule has 1 atom stereocenters. The van der Waals surface area contributed by atoms with Gasteiger partial charge in [-0.1, -0.05) is 0 Å². The summed E-state index contributed by atoms with van der Waals surface area (Å²) in [6, 6.07) is 0. The highest BCUT2D eigenvalue weighted by Crippen LogP contribution is 2.34. The van der Waals surface area contributed by atoms with Crippen LogP contribution in [0.2, 0.25) is 0 Å². The molecular weight excluding hydrogens is 262 g/mol. The second kappa shape index (κ2) is 5.81. The summed E-state index contributed by atoms with van der Waals surface area (Å²) in [6.45, 7) is 7.13. The Balaban J connectivity index is 2.85. The van der Waals surface area contributed by atoms with E-state index < -0.39 is 23.1 Å². The Morgan fingerprint density at radius 3 is 2.35 bits per heavy atom. The molecule has 6 heteroatoms. The Morgan fingerprint density at radius 1 is 1.30 bits per heavy atom. The van der Waals surface area contributed by atoms with Crippen molar-refractivity contribution in [1.29, 1.82) is 0 Å². The average Bonchev–Trinajstić information content (AvgIpc) is 2.25. The first-order chi connectivity index (χ1) is 9.06. The third-order valence-electron chi connectivity index (χ3n) is 3.27. The number of hydrogen-bond donors (Lipinski definition) is 1. The van der Waals surface area contributed by atoms with Crippen molar-refractivity contribution in [2.45, 2.75) is 52.6 Å². The number of carboxylic acid groups (broad SMARTS) is 1. The summed E-state index contributed by atoms with van der Waals surface area (Å²) in [6.07, 6.45) is 0.383. The van der Waals surface area contributed by atoms with E-state index >= 15 is 0 Å². The van der Waals surface area contributed by atoms with Gasteiger partial charge in [0.15, 0.2) is 0 Å². The maximum absolute atomic E-state index is 12.0. The van der Waals surface area contributed by atoms with Gasteiger partial charge in [-0.2, -0.15) is 0 Å². The van der Waals surface area contributed by atoms with Gasteiger partial charge in [0.25, 0.3) is 0 Å². The molecule has 1 N–H and O–H groups in total. The number of aliphatic carboxylic acids is 1. The van der Waals surface area contributed by atoms with E-state index in [9.17, 15) is 19.5 Å². The highest BCUT2D eigenvalue weighted by atomic mass is 16.6. The second-order valence-corrected chi connectivity index (χ2v) is 6.47. The van der Waals surface area contributed by atoms with Gasteiger partial charge in [-0.3, -0.25) is 9.59 Å². The van der Waals surface area contributed by atoms with Gasteiger partial charge in [-0.25, -0.2) is 4.79 Å².